The average molecular weight is 469 g/mol. The van der Waals surface area contributed by atoms with Crippen LogP contribution in [0.3, 0.4) is 0 Å². The summed E-state index contributed by atoms with van der Waals surface area (Å²) in [6.45, 7) is 7.26. The van der Waals surface area contributed by atoms with Gasteiger partial charge in [-0.15, -0.1) is 11.3 Å². The number of aromatic amines is 1. The molecular weight excluding hydrogens is 436 g/mol. The zero-order valence-corrected chi connectivity index (χ0v) is 20.2. The van der Waals surface area contributed by atoms with Crippen LogP contribution >= 0.6 is 11.3 Å². The van der Waals surface area contributed by atoms with Crippen LogP contribution in [0.25, 0.3) is 10.2 Å². The average Bonchev–Trinajstić information content (AvgIpc) is 3.43. The Balaban J connectivity index is 1.57. The first-order valence-electron chi connectivity index (χ1n) is 11.6. The number of nitrogens with one attached hydrogen (secondary N) is 3. The van der Waals surface area contributed by atoms with E-state index in [9.17, 15) is 5.11 Å². The Morgan fingerprint density at radius 2 is 2.00 bits per heavy atom. The van der Waals surface area contributed by atoms with Gasteiger partial charge in [-0.25, -0.2) is 4.98 Å². The standard InChI is InChI=1S/C23H32N8OS/c1-4-17-10-15(11-18(5-2)31(17)8-6-7-24)25-23-26-19-9-14(3)33-21(19)22(28-23)27-20-12-16(13-32)29-30-20/h9,12,15,17-18,32H,4-6,8,10-11,13H2,1-3H3,(H3,25,26,27,28,29,30)/t15?,17-,18+. The zero-order chi connectivity index (χ0) is 23.4. The number of fused-ring (bicyclic) bond motifs is 1. The van der Waals surface area contributed by atoms with Gasteiger partial charge in [-0.3, -0.25) is 10.00 Å². The number of nitriles is 1. The summed E-state index contributed by atoms with van der Waals surface area (Å²) in [6.07, 6.45) is 4.70. The lowest BCUT2D eigenvalue weighted by atomic mass is 9.88. The fraction of sp³-hybridized carbons (Fsp3) is 0.565. The first-order valence-corrected chi connectivity index (χ1v) is 12.5. The molecule has 4 rings (SSSR count). The van der Waals surface area contributed by atoms with Crippen molar-refractivity contribution in [3.05, 3.63) is 22.7 Å². The lowest BCUT2D eigenvalue weighted by Crippen LogP contribution is -2.52. The molecule has 3 aromatic heterocycles. The number of aliphatic hydroxyl groups excluding tert-OH is 1. The lowest BCUT2D eigenvalue weighted by molar-refractivity contribution is 0.0734. The molecule has 1 fully saturated rings. The van der Waals surface area contributed by atoms with Crippen LogP contribution in [0.5, 0.6) is 0 Å². The number of hydrogen-bond donors (Lipinski definition) is 4. The molecule has 1 unspecified atom stereocenters. The van der Waals surface area contributed by atoms with Gasteiger partial charge in [0.05, 0.1) is 28.6 Å². The van der Waals surface area contributed by atoms with Crippen LogP contribution in [0, 0.1) is 18.3 Å². The molecule has 0 aromatic carbocycles. The molecule has 0 radical (unpaired) electrons. The Bertz CT molecular complexity index is 1110. The Hall–Kier alpha value is -2.74. The first kappa shape index (κ1) is 23.4. The van der Waals surface area contributed by atoms with E-state index in [0.29, 0.717) is 41.8 Å². The number of aryl methyl sites for hydroxylation is 1. The smallest absolute Gasteiger partial charge is 0.225 e. The predicted octanol–water partition coefficient (Wildman–Crippen LogP) is 4.31. The van der Waals surface area contributed by atoms with Gasteiger partial charge in [-0.1, -0.05) is 13.8 Å². The van der Waals surface area contributed by atoms with Crippen molar-refractivity contribution in [1.82, 2.24) is 25.1 Å². The number of rotatable bonds is 9. The van der Waals surface area contributed by atoms with Crippen LogP contribution in [0.15, 0.2) is 12.1 Å². The van der Waals surface area contributed by atoms with Gasteiger partial charge in [-0.05, 0) is 38.7 Å². The summed E-state index contributed by atoms with van der Waals surface area (Å²) in [4.78, 5) is 13.3. The van der Waals surface area contributed by atoms with Crippen molar-refractivity contribution in [2.75, 3.05) is 17.2 Å². The lowest BCUT2D eigenvalue weighted by Gasteiger charge is -2.45. The maximum Gasteiger partial charge on any atom is 0.225 e. The molecule has 0 amide bonds. The van der Waals surface area contributed by atoms with Gasteiger partial charge in [0.2, 0.25) is 5.95 Å². The second kappa shape index (κ2) is 10.5. The minimum atomic E-state index is -0.0942. The molecule has 0 aliphatic carbocycles. The van der Waals surface area contributed by atoms with Crippen molar-refractivity contribution in [3.63, 3.8) is 0 Å². The largest absolute Gasteiger partial charge is 0.390 e. The number of anilines is 3. The van der Waals surface area contributed by atoms with E-state index in [1.807, 2.05) is 0 Å². The highest BCUT2D eigenvalue weighted by molar-refractivity contribution is 7.19. The maximum absolute atomic E-state index is 9.32. The van der Waals surface area contributed by atoms with Crippen molar-refractivity contribution in [1.29, 1.82) is 5.26 Å². The maximum atomic E-state index is 9.32. The number of aliphatic hydroxyl groups is 1. The summed E-state index contributed by atoms with van der Waals surface area (Å²) in [7, 11) is 0. The molecular formula is C23H32N8OS. The summed E-state index contributed by atoms with van der Waals surface area (Å²) in [5.41, 5.74) is 1.55. The Morgan fingerprint density at radius 3 is 2.64 bits per heavy atom. The fourth-order valence-corrected chi connectivity index (χ4v) is 5.69. The van der Waals surface area contributed by atoms with E-state index >= 15 is 0 Å². The summed E-state index contributed by atoms with van der Waals surface area (Å²) < 4.78 is 0.982. The molecule has 0 spiro atoms. The van der Waals surface area contributed by atoms with Gasteiger partial charge >= 0.3 is 0 Å². The van der Waals surface area contributed by atoms with Crippen molar-refractivity contribution in [2.24, 2.45) is 0 Å². The normalized spacial score (nSPS) is 21.2. The van der Waals surface area contributed by atoms with Gasteiger partial charge in [0.15, 0.2) is 11.6 Å². The minimum absolute atomic E-state index is 0.0942. The molecule has 33 heavy (non-hydrogen) atoms. The van der Waals surface area contributed by atoms with Crippen LogP contribution in [-0.2, 0) is 6.61 Å². The third-order valence-corrected chi connectivity index (χ3v) is 7.40. The molecule has 9 nitrogen and oxygen atoms in total. The number of thiophene rings is 1. The topological polar surface area (TPSA) is 126 Å². The Labute approximate surface area is 198 Å². The minimum Gasteiger partial charge on any atom is -0.390 e. The van der Waals surface area contributed by atoms with Crippen LogP contribution < -0.4 is 10.6 Å². The number of H-pyrrole nitrogens is 1. The second-order valence-electron chi connectivity index (χ2n) is 8.61. The van der Waals surface area contributed by atoms with Crippen molar-refractivity contribution in [2.45, 2.75) is 77.6 Å². The number of likely N-dealkylation sites (tertiary alicyclic amines) is 1. The van der Waals surface area contributed by atoms with E-state index < -0.39 is 0 Å². The highest BCUT2D eigenvalue weighted by Gasteiger charge is 2.34. The van der Waals surface area contributed by atoms with Gasteiger partial charge in [0.25, 0.3) is 0 Å². The SMILES string of the molecule is CC[C@@H]1CC(Nc2nc(Nc3cc(CO)[nH]n3)c3sc(C)cc3n2)C[C@H](CC)N1CCC#N. The molecule has 3 atom stereocenters. The molecule has 10 heteroatoms. The quantitative estimate of drug-likeness (QED) is 0.366. The number of piperidine rings is 1. The van der Waals surface area contributed by atoms with Crippen molar-refractivity contribution >= 4 is 39.1 Å². The van der Waals surface area contributed by atoms with Crippen LogP contribution in [0.2, 0.25) is 0 Å². The summed E-state index contributed by atoms with van der Waals surface area (Å²) in [5.74, 6) is 1.93. The summed E-state index contributed by atoms with van der Waals surface area (Å²) in [5, 5.41) is 32.3. The molecule has 0 bridgehead atoms. The molecule has 176 valence electrons. The van der Waals surface area contributed by atoms with Gasteiger partial charge in [-0.2, -0.15) is 15.3 Å². The van der Waals surface area contributed by atoms with Crippen LogP contribution in [0.1, 0.15) is 56.5 Å². The second-order valence-corrected chi connectivity index (χ2v) is 9.87. The third kappa shape index (κ3) is 5.27. The Kier molecular flexibility index (Phi) is 7.42. The van der Waals surface area contributed by atoms with Gasteiger partial charge in [0.1, 0.15) is 0 Å². The van der Waals surface area contributed by atoms with Crippen molar-refractivity contribution in [3.8, 4) is 6.07 Å². The predicted molar refractivity (Wildman–Crippen MR) is 132 cm³/mol. The molecule has 1 aliphatic rings. The number of hydrogen-bond acceptors (Lipinski definition) is 9. The molecule has 3 aromatic rings. The van der Waals surface area contributed by atoms with E-state index in [1.165, 1.54) is 4.88 Å². The van der Waals surface area contributed by atoms with E-state index in [-0.39, 0.29) is 12.6 Å². The van der Waals surface area contributed by atoms with E-state index in [0.717, 1.165) is 42.4 Å². The third-order valence-electron chi connectivity index (χ3n) is 6.35. The fourth-order valence-electron chi connectivity index (χ4n) is 4.80. The highest BCUT2D eigenvalue weighted by atomic mass is 32.1. The number of nitrogens with zero attached hydrogens (tertiary/aromatic N) is 5. The first-order chi connectivity index (χ1) is 16.0. The van der Waals surface area contributed by atoms with E-state index in [1.54, 1.807) is 17.4 Å². The van der Waals surface area contributed by atoms with Crippen LogP contribution in [-0.4, -0.2) is 54.8 Å². The van der Waals surface area contributed by atoms with Crippen molar-refractivity contribution < 1.29 is 5.11 Å². The van der Waals surface area contributed by atoms with E-state index in [2.05, 4.69) is 58.6 Å². The molecule has 1 aliphatic heterocycles. The zero-order valence-electron chi connectivity index (χ0n) is 19.4. The highest BCUT2D eigenvalue weighted by Crippen LogP contribution is 2.33. The molecule has 1 saturated heterocycles. The van der Waals surface area contributed by atoms with Gasteiger partial charge in [0, 0.05) is 42.0 Å². The monoisotopic (exact) mass is 468 g/mol. The molecule has 4 N–H and O–H groups in total. The van der Waals surface area contributed by atoms with E-state index in [4.69, 9.17) is 15.2 Å². The summed E-state index contributed by atoms with van der Waals surface area (Å²) >= 11 is 1.65. The number of aromatic nitrogens is 4. The molecule has 4 heterocycles. The Morgan fingerprint density at radius 1 is 1.24 bits per heavy atom. The van der Waals surface area contributed by atoms with Crippen LogP contribution in [0.4, 0.5) is 17.6 Å². The summed E-state index contributed by atoms with van der Waals surface area (Å²) in [6, 6.07) is 7.32. The van der Waals surface area contributed by atoms with Gasteiger partial charge < -0.3 is 15.7 Å². The molecule has 0 saturated carbocycles.